The highest BCUT2D eigenvalue weighted by atomic mass is 16.4. The van der Waals surface area contributed by atoms with Crippen molar-refractivity contribution in [2.75, 3.05) is 0 Å². The number of carboxylic acids is 2. The molecule has 4 heteroatoms. The average molecular weight is 663 g/mol. The van der Waals surface area contributed by atoms with Gasteiger partial charge in [0.1, 0.15) is 0 Å². The number of aliphatic carboxylic acids is 2. The van der Waals surface area contributed by atoms with Crippen LogP contribution in [-0.2, 0) is 31.2 Å². The highest BCUT2D eigenvalue weighted by Crippen LogP contribution is 2.49. The summed E-state index contributed by atoms with van der Waals surface area (Å²) in [6.45, 7) is 21.0. The van der Waals surface area contributed by atoms with E-state index in [-0.39, 0.29) is 33.5 Å². The molecular formula is C45H58O4. The second kappa shape index (κ2) is 13.6. The van der Waals surface area contributed by atoms with Gasteiger partial charge < -0.3 is 10.2 Å². The Morgan fingerprint density at radius 3 is 1.55 bits per heavy atom. The van der Waals surface area contributed by atoms with Gasteiger partial charge in [0.15, 0.2) is 0 Å². The molecule has 2 aromatic rings. The zero-order valence-electron chi connectivity index (χ0n) is 31.4. The maximum Gasteiger partial charge on any atom is 0.327 e. The van der Waals surface area contributed by atoms with E-state index < -0.39 is 11.9 Å². The third-order valence-corrected chi connectivity index (χ3v) is 12.1. The maximum absolute atomic E-state index is 10.9. The van der Waals surface area contributed by atoms with Crippen molar-refractivity contribution in [3.8, 4) is 0 Å². The molecule has 0 spiro atoms. The van der Waals surface area contributed by atoms with Gasteiger partial charge in [-0.15, -0.1) is 0 Å². The van der Waals surface area contributed by atoms with Crippen LogP contribution in [0.3, 0.4) is 0 Å². The van der Waals surface area contributed by atoms with Crippen LogP contribution in [0.15, 0.2) is 66.8 Å². The Hall–Kier alpha value is -3.66. The molecule has 0 saturated carbocycles. The highest BCUT2D eigenvalue weighted by molar-refractivity contribution is 5.82. The minimum Gasteiger partial charge on any atom is -0.478 e. The molecule has 0 aromatic heterocycles. The average Bonchev–Trinajstić information content (AvgIpc) is 3.70. The van der Waals surface area contributed by atoms with Crippen molar-refractivity contribution >= 4 is 23.1 Å². The number of carbonyl (C=O) groups is 2. The number of fused-ring (bicyclic) bond motifs is 2. The van der Waals surface area contributed by atoms with E-state index in [4.69, 9.17) is 10.2 Å². The zero-order chi connectivity index (χ0) is 35.9. The molecule has 0 saturated heterocycles. The molecule has 2 unspecified atom stereocenters. The minimum atomic E-state index is -0.866. The van der Waals surface area contributed by atoms with E-state index in [1.165, 1.54) is 87.9 Å². The number of allylic oxidation sites excluding steroid dienone is 6. The van der Waals surface area contributed by atoms with Crippen LogP contribution in [0, 0.1) is 18.8 Å². The lowest BCUT2D eigenvalue weighted by Gasteiger charge is -2.42. The Morgan fingerprint density at radius 2 is 1.04 bits per heavy atom. The van der Waals surface area contributed by atoms with E-state index in [0.717, 1.165) is 25.7 Å². The molecule has 0 heterocycles. The minimum absolute atomic E-state index is 0.193. The Labute approximate surface area is 295 Å². The van der Waals surface area contributed by atoms with Gasteiger partial charge in [0, 0.05) is 24.0 Å². The first-order valence-electron chi connectivity index (χ1n) is 18.4. The van der Waals surface area contributed by atoms with Gasteiger partial charge in [0.05, 0.1) is 0 Å². The van der Waals surface area contributed by atoms with E-state index in [2.05, 4.69) is 105 Å². The second-order valence-corrected chi connectivity index (χ2v) is 17.6. The van der Waals surface area contributed by atoms with Crippen molar-refractivity contribution in [3.63, 3.8) is 0 Å². The molecule has 2 N–H and O–H groups in total. The van der Waals surface area contributed by atoms with Gasteiger partial charge in [-0.2, -0.15) is 0 Å². The summed E-state index contributed by atoms with van der Waals surface area (Å²) in [5, 5.41) is 17.9. The highest BCUT2D eigenvalue weighted by Gasteiger charge is 2.39. The van der Waals surface area contributed by atoms with Crippen LogP contribution in [0.2, 0.25) is 0 Å². The first-order valence-corrected chi connectivity index (χ1v) is 18.4. The lowest BCUT2D eigenvalue weighted by atomic mass is 9.62. The van der Waals surface area contributed by atoms with E-state index >= 15 is 0 Å². The summed E-state index contributed by atoms with van der Waals surface area (Å²) in [7, 11) is 0. The van der Waals surface area contributed by atoms with Crippen LogP contribution >= 0.6 is 0 Å². The van der Waals surface area contributed by atoms with Crippen LogP contribution in [-0.4, -0.2) is 22.2 Å². The first kappa shape index (κ1) is 36.6. The normalized spacial score (nSPS) is 24.4. The molecule has 0 bridgehead atoms. The van der Waals surface area contributed by atoms with Gasteiger partial charge >= 0.3 is 11.9 Å². The monoisotopic (exact) mass is 662 g/mol. The third kappa shape index (κ3) is 7.74. The van der Waals surface area contributed by atoms with Crippen molar-refractivity contribution in [2.24, 2.45) is 11.8 Å². The SMILES string of the molecule is CC1(C)CCC(C)(C)c2cc(C3=CCCC3/C=C/C(=O)O)ccc21.Cc1cc2c(cc1C1=CCCC1/C=C/C(=O)O)C(C)(C)CCC2(C)C. The van der Waals surface area contributed by atoms with Crippen LogP contribution in [0.25, 0.3) is 11.1 Å². The number of hydrogen-bond donors (Lipinski definition) is 2. The number of aryl methyl sites for hydroxylation is 1. The van der Waals surface area contributed by atoms with Gasteiger partial charge in [-0.25, -0.2) is 9.59 Å². The predicted molar refractivity (Wildman–Crippen MR) is 203 cm³/mol. The summed E-state index contributed by atoms with van der Waals surface area (Å²) in [6, 6.07) is 11.7. The second-order valence-electron chi connectivity index (χ2n) is 17.6. The Bertz CT molecular complexity index is 1740. The summed E-state index contributed by atoms with van der Waals surface area (Å²) >= 11 is 0. The Kier molecular flexibility index (Phi) is 10.1. The van der Waals surface area contributed by atoms with Crippen molar-refractivity contribution in [1.29, 1.82) is 0 Å². The summed E-state index contributed by atoms with van der Waals surface area (Å²) in [5.74, 6) is -1.29. The van der Waals surface area contributed by atoms with Gasteiger partial charge in [-0.05, 0) is 130 Å². The van der Waals surface area contributed by atoms with Crippen LogP contribution in [0.1, 0.15) is 146 Å². The smallest absolute Gasteiger partial charge is 0.327 e. The van der Waals surface area contributed by atoms with Gasteiger partial charge in [0.2, 0.25) is 0 Å². The molecule has 262 valence electrons. The van der Waals surface area contributed by atoms with Crippen LogP contribution in [0.5, 0.6) is 0 Å². The molecule has 4 nitrogen and oxygen atoms in total. The van der Waals surface area contributed by atoms with Crippen molar-refractivity contribution in [2.45, 2.75) is 135 Å². The van der Waals surface area contributed by atoms with Crippen molar-refractivity contribution in [3.05, 3.63) is 106 Å². The van der Waals surface area contributed by atoms with Crippen molar-refractivity contribution < 1.29 is 19.8 Å². The molecule has 2 atom stereocenters. The summed E-state index contributed by atoms with van der Waals surface area (Å²) in [4.78, 5) is 21.7. The Morgan fingerprint density at radius 1 is 0.612 bits per heavy atom. The fraction of sp³-hybridized carbons (Fsp3) is 0.511. The van der Waals surface area contributed by atoms with Gasteiger partial charge in [0.25, 0.3) is 0 Å². The number of carboxylic acid groups (broad SMARTS) is 2. The van der Waals surface area contributed by atoms with Crippen LogP contribution in [0.4, 0.5) is 0 Å². The number of benzene rings is 2. The molecule has 2 aromatic carbocycles. The largest absolute Gasteiger partial charge is 0.478 e. The summed E-state index contributed by atoms with van der Waals surface area (Å²) < 4.78 is 0. The predicted octanol–water partition coefficient (Wildman–Crippen LogP) is 11.2. The zero-order valence-corrected chi connectivity index (χ0v) is 31.4. The molecule has 0 aliphatic heterocycles. The number of rotatable bonds is 6. The van der Waals surface area contributed by atoms with Gasteiger partial charge in [-0.3, -0.25) is 0 Å². The fourth-order valence-corrected chi connectivity index (χ4v) is 8.69. The van der Waals surface area contributed by atoms with Crippen LogP contribution < -0.4 is 0 Å². The topological polar surface area (TPSA) is 74.6 Å². The molecular weight excluding hydrogens is 604 g/mol. The molecule has 0 radical (unpaired) electrons. The Balaban J connectivity index is 0.000000191. The fourth-order valence-electron chi connectivity index (χ4n) is 8.69. The lowest BCUT2D eigenvalue weighted by molar-refractivity contribution is -0.132. The lowest BCUT2D eigenvalue weighted by Crippen LogP contribution is -2.34. The summed E-state index contributed by atoms with van der Waals surface area (Å²) in [5.41, 5.74) is 13.2. The molecule has 0 amide bonds. The van der Waals surface area contributed by atoms with E-state index in [9.17, 15) is 9.59 Å². The molecule has 6 rings (SSSR count). The first-order chi connectivity index (χ1) is 22.8. The number of hydrogen-bond acceptors (Lipinski definition) is 2. The van der Waals surface area contributed by atoms with Crippen molar-refractivity contribution in [1.82, 2.24) is 0 Å². The molecule has 4 aliphatic carbocycles. The third-order valence-electron chi connectivity index (χ3n) is 12.1. The molecule has 4 aliphatic rings. The summed E-state index contributed by atoms with van der Waals surface area (Å²) in [6.07, 6.45) is 19.8. The standard InChI is InChI=1S/C23H30O2.C22H28O2/c1-15-13-19-20(23(4,5)12-11-22(19,2)3)14-18(15)17-8-6-7-16(17)9-10-21(24)25;1-21(2)12-13-22(3,4)19-14-16(8-10-18(19)21)17-7-5-6-15(17)9-11-20(23)24/h8-10,13-14,16H,6-7,11-12H2,1-5H3,(H,24,25);7-11,14-15H,5-6,12-13H2,1-4H3,(H,23,24)/b10-9+;11-9+. The quantitative estimate of drug-likeness (QED) is 0.302. The van der Waals surface area contributed by atoms with E-state index in [0.29, 0.717) is 0 Å². The maximum atomic E-state index is 10.9. The molecule has 0 fully saturated rings. The van der Waals surface area contributed by atoms with E-state index in [1.807, 2.05) is 12.2 Å². The van der Waals surface area contributed by atoms with Gasteiger partial charge in [-0.1, -0.05) is 110 Å². The molecule has 49 heavy (non-hydrogen) atoms. The van der Waals surface area contributed by atoms with E-state index in [1.54, 1.807) is 0 Å².